The Morgan fingerprint density at radius 2 is 0.800 bits per heavy atom. The maximum Gasteiger partial charge on any atom is 0.164 e. The van der Waals surface area contributed by atoms with Crippen molar-refractivity contribution in [3.05, 3.63) is 187 Å². The van der Waals surface area contributed by atoms with Crippen LogP contribution < -0.4 is 5.73 Å². The quantitative estimate of drug-likeness (QED) is 0.132. The highest BCUT2D eigenvalue weighted by Crippen LogP contribution is 2.31. The number of hydrogen-bond donors (Lipinski definition) is 1. The van der Waals surface area contributed by atoms with Gasteiger partial charge in [-0.15, -0.1) is 0 Å². The first-order chi connectivity index (χ1) is 24.7. The molecule has 0 saturated carbocycles. The van der Waals surface area contributed by atoms with Crippen molar-refractivity contribution in [2.75, 3.05) is 0 Å². The molecule has 0 unspecified atom stereocenters. The molecule has 8 aromatic rings. The number of benzene rings is 7. The van der Waals surface area contributed by atoms with Crippen LogP contribution in [0.3, 0.4) is 0 Å². The third kappa shape index (κ3) is 6.66. The van der Waals surface area contributed by atoms with Gasteiger partial charge in [0.25, 0.3) is 0 Å². The first-order valence-corrected chi connectivity index (χ1v) is 16.6. The summed E-state index contributed by atoms with van der Waals surface area (Å²) >= 11 is 0. The van der Waals surface area contributed by atoms with Crippen molar-refractivity contribution in [2.24, 2.45) is 10.7 Å². The molecule has 0 fully saturated rings. The Hall–Kier alpha value is -6.72. The molecule has 0 aliphatic carbocycles. The molecular formula is C45H33N5. The Labute approximate surface area is 291 Å². The van der Waals surface area contributed by atoms with Gasteiger partial charge in [-0.1, -0.05) is 164 Å². The lowest BCUT2D eigenvalue weighted by Gasteiger charge is -2.10. The molecule has 0 atom stereocenters. The molecule has 0 bridgehead atoms. The minimum atomic E-state index is 0.540. The maximum atomic E-state index is 6.32. The zero-order valence-corrected chi connectivity index (χ0v) is 27.3. The molecule has 7 aromatic carbocycles. The van der Waals surface area contributed by atoms with Crippen LogP contribution in [0.2, 0.25) is 0 Å². The highest BCUT2D eigenvalue weighted by atomic mass is 15.0. The zero-order chi connectivity index (χ0) is 33.7. The van der Waals surface area contributed by atoms with Gasteiger partial charge in [0.2, 0.25) is 0 Å². The lowest BCUT2D eigenvalue weighted by Crippen LogP contribution is -2.13. The molecule has 1 aromatic heterocycles. The molecular weight excluding hydrogens is 611 g/mol. The molecule has 5 nitrogen and oxygen atoms in total. The molecule has 8 rings (SSSR count). The van der Waals surface area contributed by atoms with Gasteiger partial charge in [0.05, 0.1) is 6.54 Å². The van der Waals surface area contributed by atoms with Crippen LogP contribution >= 0.6 is 0 Å². The van der Waals surface area contributed by atoms with Crippen LogP contribution in [0.25, 0.3) is 67.2 Å². The van der Waals surface area contributed by atoms with Gasteiger partial charge in [-0.05, 0) is 50.7 Å². The normalized spacial score (nSPS) is 11.5. The van der Waals surface area contributed by atoms with Crippen LogP contribution in [-0.2, 0) is 6.54 Å². The van der Waals surface area contributed by atoms with E-state index in [0.717, 1.165) is 50.1 Å². The number of rotatable bonds is 8. The van der Waals surface area contributed by atoms with Gasteiger partial charge in [0.15, 0.2) is 17.5 Å². The third-order valence-corrected chi connectivity index (χ3v) is 8.80. The van der Waals surface area contributed by atoms with Gasteiger partial charge in [0, 0.05) is 22.3 Å². The summed E-state index contributed by atoms with van der Waals surface area (Å²) in [5.41, 5.74) is 15.8. The Morgan fingerprint density at radius 1 is 0.400 bits per heavy atom. The Balaban J connectivity index is 1.05. The minimum absolute atomic E-state index is 0.540. The van der Waals surface area contributed by atoms with E-state index in [1.54, 1.807) is 0 Å². The number of hydrogen-bond acceptors (Lipinski definition) is 4. The third-order valence-electron chi connectivity index (χ3n) is 8.80. The summed E-state index contributed by atoms with van der Waals surface area (Å²) < 4.78 is 0. The Bertz CT molecular complexity index is 2360. The summed E-state index contributed by atoms with van der Waals surface area (Å²) in [5.74, 6) is 2.48. The molecule has 0 saturated heterocycles. The lowest BCUT2D eigenvalue weighted by atomic mass is 9.96. The molecule has 5 heteroatoms. The predicted octanol–water partition coefficient (Wildman–Crippen LogP) is 10.3. The monoisotopic (exact) mass is 643 g/mol. The molecule has 0 spiro atoms. The van der Waals surface area contributed by atoms with E-state index in [0.29, 0.717) is 29.9 Å². The summed E-state index contributed by atoms with van der Waals surface area (Å²) in [7, 11) is 0. The molecule has 0 radical (unpaired) electrons. The van der Waals surface area contributed by atoms with Gasteiger partial charge in [-0.3, -0.25) is 4.99 Å². The van der Waals surface area contributed by atoms with Crippen LogP contribution in [0, 0.1) is 0 Å². The summed E-state index contributed by atoms with van der Waals surface area (Å²) in [6.07, 6.45) is 0. The van der Waals surface area contributed by atoms with Gasteiger partial charge in [0.1, 0.15) is 5.84 Å². The summed E-state index contributed by atoms with van der Waals surface area (Å²) in [5, 5.41) is 2.37. The SMILES string of the molecule is NC(=NCc1ccccc1)c1ccc(-c2ccc3ccc(-c4ccc(-c5nc(-c6ccccc6)nc(-c6ccccc6)n5)cc4)cc3c2)cc1. The minimum Gasteiger partial charge on any atom is -0.383 e. The van der Waals surface area contributed by atoms with E-state index < -0.39 is 0 Å². The summed E-state index contributed by atoms with van der Waals surface area (Å²) in [6.45, 7) is 0.562. The number of nitrogens with zero attached hydrogens (tertiary/aromatic N) is 4. The van der Waals surface area contributed by atoms with Crippen molar-refractivity contribution in [3.63, 3.8) is 0 Å². The second-order valence-corrected chi connectivity index (χ2v) is 12.2. The van der Waals surface area contributed by atoms with Gasteiger partial charge in [-0.2, -0.15) is 0 Å². The van der Waals surface area contributed by atoms with Crippen LogP contribution in [0.15, 0.2) is 181 Å². The predicted molar refractivity (Wildman–Crippen MR) is 205 cm³/mol. The smallest absolute Gasteiger partial charge is 0.164 e. The summed E-state index contributed by atoms with van der Waals surface area (Å²) in [4.78, 5) is 19.2. The van der Waals surface area contributed by atoms with Crippen LogP contribution in [0.1, 0.15) is 11.1 Å². The average molecular weight is 644 g/mol. The van der Waals surface area contributed by atoms with E-state index >= 15 is 0 Å². The first-order valence-electron chi connectivity index (χ1n) is 16.6. The van der Waals surface area contributed by atoms with Crippen LogP contribution in [0.4, 0.5) is 0 Å². The summed E-state index contributed by atoms with van der Waals surface area (Å²) in [6, 6.07) is 60.2. The van der Waals surface area contributed by atoms with Crippen LogP contribution in [0.5, 0.6) is 0 Å². The molecule has 0 amide bonds. The molecule has 1 heterocycles. The molecule has 2 N–H and O–H groups in total. The number of aliphatic imine (C=N–C) groups is 1. The Kier molecular flexibility index (Phi) is 8.44. The van der Waals surface area contributed by atoms with Crippen molar-refractivity contribution in [1.82, 2.24) is 15.0 Å². The highest BCUT2D eigenvalue weighted by Gasteiger charge is 2.13. The molecule has 50 heavy (non-hydrogen) atoms. The van der Waals surface area contributed by atoms with Gasteiger partial charge < -0.3 is 5.73 Å². The standard InChI is InChI=1S/C45H33N5/c46-42(47-30-31-10-4-1-5-11-31)35-22-16-32(17-23-35)39-26-20-34-21-27-40(29-41(34)28-39)33-18-24-38(25-19-33)45-49-43(36-12-6-2-7-13-36)48-44(50-45)37-14-8-3-9-15-37/h1-29H,30H2,(H2,46,47). The van der Waals surface area contributed by atoms with E-state index in [1.165, 1.54) is 10.8 Å². The lowest BCUT2D eigenvalue weighted by molar-refractivity contribution is 1.06. The topological polar surface area (TPSA) is 77.0 Å². The van der Waals surface area contributed by atoms with Crippen molar-refractivity contribution >= 4 is 16.6 Å². The average Bonchev–Trinajstić information content (AvgIpc) is 3.20. The second kappa shape index (κ2) is 13.8. The molecule has 0 aliphatic heterocycles. The largest absolute Gasteiger partial charge is 0.383 e. The number of fused-ring (bicyclic) bond motifs is 1. The fraction of sp³-hybridized carbons (Fsp3) is 0.0222. The van der Waals surface area contributed by atoms with Gasteiger partial charge in [-0.25, -0.2) is 15.0 Å². The fourth-order valence-corrected chi connectivity index (χ4v) is 6.04. The van der Waals surface area contributed by atoms with Crippen molar-refractivity contribution < 1.29 is 0 Å². The van der Waals surface area contributed by atoms with E-state index in [2.05, 4.69) is 89.9 Å². The fourth-order valence-electron chi connectivity index (χ4n) is 6.04. The van der Waals surface area contributed by atoms with Gasteiger partial charge >= 0.3 is 0 Å². The van der Waals surface area contributed by atoms with E-state index in [9.17, 15) is 0 Å². The second-order valence-electron chi connectivity index (χ2n) is 12.2. The highest BCUT2D eigenvalue weighted by molar-refractivity contribution is 5.98. The number of amidine groups is 1. The van der Waals surface area contributed by atoms with E-state index in [-0.39, 0.29) is 0 Å². The van der Waals surface area contributed by atoms with E-state index in [4.69, 9.17) is 20.7 Å². The van der Waals surface area contributed by atoms with Crippen LogP contribution in [-0.4, -0.2) is 20.8 Å². The molecule has 238 valence electrons. The zero-order valence-electron chi connectivity index (χ0n) is 27.3. The Morgan fingerprint density at radius 3 is 1.30 bits per heavy atom. The number of aromatic nitrogens is 3. The number of nitrogens with two attached hydrogens (primary N) is 1. The van der Waals surface area contributed by atoms with Crippen molar-refractivity contribution in [1.29, 1.82) is 0 Å². The van der Waals surface area contributed by atoms with Crippen molar-refractivity contribution in [3.8, 4) is 56.4 Å². The maximum absolute atomic E-state index is 6.32. The van der Waals surface area contributed by atoms with Crippen molar-refractivity contribution in [2.45, 2.75) is 6.54 Å². The first kappa shape index (κ1) is 30.6. The van der Waals surface area contributed by atoms with E-state index in [1.807, 2.05) is 91.0 Å². The molecule has 0 aliphatic rings.